The van der Waals surface area contributed by atoms with Crippen molar-refractivity contribution in [2.24, 2.45) is 0 Å². The molecule has 0 aliphatic rings. The molecule has 0 radical (unpaired) electrons. The van der Waals surface area contributed by atoms with Gasteiger partial charge >= 0.3 is 24.8 Å². The van der Waals surface area contributed by atoms with Gasteiger partial charge in [0.1, 0.15) is 0 Å². The Kier molecular flexibility index (Phi) is 7.81. The number of rotatable bonds is 1. The van der Waals surface area contributed by atoms with Crippen LogP contribution in [0.25, 0.3) is 0 Å². The first kappa shape index (κ1) is 9.37. The van der Waals surface area contributed by atoms with Crippen LogP contribution in [-0.4, -0.2) is 17.8 Å². The van der Waals surface area contributed by atoms with Crippen LogP contribution in [0.5, 0.6) is 0 Å². The molecule has 0 aliphatic heterocycles. The number of carboxylic acids is 1. The van der Waals surface area contributed by atoms with Crippen molar-refractivity contribution in [1.29, 1.82) is 0 Å². The topological polar surface area (TPSA) is 37.3 Å². The Labute approximate surface area is 48.0 Å². The first-order valence-electron chi connectivity index (χ1n) is 1.05. The third-order valence-electron chi connectivity index (χ3n) is 0.114. The maximum atomic E-state index is 10.5. The number of alkyl halides is 1. The molecule has 0 saturated carbocycles. The van der Waals surface area contributed by atoms with Crippen molar-refractivity contribution in [3.05, 3.63) is 0 Å². The minimum atomic E-state index is -1.41. The van der Waals surface area contributed by atoms with Crippen molar-refractivity contribution < 1.29 is 34.6 Å². The summed E-state index contributed by atoms with van der Waals surface area (Å²) >= 11 is 0. The zero-order chi connectivity index (χ0) is 4.28. The van der Waals surface area contributed by atoms with E-state index in [1.165, 1.54) is 0 Å². The van der Waals surface area contributed by atoms with Crippen LogP contribution in [0.1, 0.15) is 1.43 Å². The Morgan fingerprint density at radius 2 is 2.17 bits per heavy atom. The number of hydrogen-bond donors (Lipinski definition) is 1. The molecular weight excluding hydrogens is 82.0 g/mol. The van der Waals surface area contributed by atoms with Crippen molar-refractivity contribution in [2.75, 3.05) is 6.67 Å². The van der Waals surface area contributed by atoms with Gasteiger partial charge in [-0.1, -0.05) is 0 Å². The van der Waals surface area contributed by atoms with Crippen LogP contribution in [0.15, 0.2) is 0 Å². The molecule has 0 unspecified atom stereocenters. The van der Waals surface area contributed by atoms with Crippen molar-refractivity contribution >= 4 is 5.97 Å². The van der Waals surface area contributed by atoms with Gasteiger partial charge < -0.3 is 6.53 Å². The molecule has 0 aromatic heterocycles. The molecule has 32 valence electrons. The Bertz CT molecular complexity index is 51.0. The predicted molar refractivity (Wildman–Crippen MR) is 14.7 cm³/mol. The van der Waals surface area contributed by atoms with Crippen LogP contribution in [0.2, 0.25) is 0 Å². The summed E-state index contributed by atoms with van der Waals surface area (Å²) in [5, 5.41) is 7.35. The molecule has 1 N–H and O–H groups in total. The molecule has 2 nitrogen and oxygen atoms in total. The van der Waals surface area contributed by atoms with Gasteiger partial charge in [0.15, 0.2) is 6.67 Å². The minimum Gasteiger partial charge on any atom is -1.00 e. The van der Waals surface area contributed by atoms with E-state index in [4.69, 9.17) is 9.90 Å². The van der Waals surface area contributed by atoms with Crippen LogP contribution in [0, 0.1) is 0 Å². The van der Waals surface area contributed by atoms with Crippen molar-refractivity contribution in [3.8, 4) is 0 Å². The maximum absolute atomic E-state index is 10.5. The van der Waals surface area contributed by atoms with E-state index in [0.29, 0.717) is 0 Å². The van der Waals surface area contributed by atoms with Crippen LogP contribution >= 0.6 is 0 Å². The molecule has 0 amide bonds. The SMILES string of the molecule is O=C(O)CF.[H-].[Li+]. The summed E-state index contributed by atoms with van der Waals surface area (Å²) in [6.07, 6.45) is 0. The van der Waals surface area contributed by atoms with Crippen molar-refractivity contribution in [1.82, 2.24) is 0 Å². The Morgan fingerprint density at radius 1 is 2.00 bits per heavy atom. The fourth-order valence-corrected chi connectivity index (χ4v) is 0. The third-order valence-corrected chi connectivity index (χ3v) is 0.114. The van der Waals surface area contributed by atoms with E-state index < -0.39 is 12.6 Å². The standard InChI is InChI=1S/C2H3FO2.Li.H/c3-1-2(4)5;;/h1H2,(H,4,5);;/q;+1;-1. The molecule has 0 aromatic rings. The molecule has 0 spiro atoms. The van der Waals surface area contributed by atoms with E-state index in [1.54, 1.807) is 0 Å². The zero-order valence-corrected chi connectivity index (χ0v) is 3.44. The summed E-state index contributed by atoms with van der Waals surface area (Å²) in [6.45, 7) is -1.28. The summed E-state index contributed by atoms with van der Waals surface area (Å²) < 4.78 is 10.5. The Hall–Kier alpha value is -0.00260. The number of carboxylic acid groups (broad SMARTS) is 1. The quantitative estimate of drug-likeness (QED) is 0.349. The van der Waals surface area contributed by atoms with E-state index in [0.717, 1.165) is 0 Å². The average Bonchev–Trinajstić information content (AvgIpc) is 1.38. The molecular formula is C2H4FLiO2. The Morgan fingerprint density at radius 3 is 2.17 bits per heavy atom. The summed E-state index contributed by atoms with van der Waals surface area (Å²) in [5.74, 6) is -1.41. The van der Waals surface area contributed by atoms with E-state index in [9.17, 15) is 4.39 Å². The van der Waals surface area contributed by atoms with Crippen LogP contribution < -0.4 is 18.9 Å². The molecule has 0 rings (SSSR count). The van der Waals surface area contributed by atoms with Crippen LogP contribution in [0.4, 0.5) is 4.39 Å². The number of halogens is 1. The molecule has 0 bridgehead atoms. The molecule has 0 heterocycles. The number of hydrogen-bond acceptors (Lipinski definition) is 1. The first-order chi connectivity index (χ1) is 2.27. The average molecular weight is 86.0 g/mol. The van der Waals surface area contributed by atoms with E-state index in [1.807, 2.05) is 0 Å². The number of aliphatic carboxylic acids is 1. The minimum absolute atomic E-state index is 0. The predicted octanol–water partition coefficient (Wildman–Crippen LogP) is -2.84. The van der Waals surface area contributed by atoms with Crippen LogP contribution in [-0.2, 0) is 4.79 Å². The third kappa shape index (κ3) is 9.00. The summed E-state index contributed by atoms with van der Waals surface area (Å²) in [6, 6.07) is 0. The fraction of sp³-hybridized carbons (Fsp3) is 0.500. The number of carbonyl (C=O) groups is 1. The van der Waals surface area contributed by atoms with E-state index >= 15 is 0 Å². The largest absolute Gasteiger partial charge is 1.00 e. The normalized spacial score (nSPS) is 6.17. The molecule has 0 aliphatic carbocycles. The van der Waals surface area contributed by atoms with Crippen LogP contribution in [0.3, 0.4) is 0 Å². The maximum Gasteiger partial charge on any atom is 1.00 e. The summed E-state index contributed by atoms with van der Waals surface area (Å²) in [4.78, 5) is 8.99. The van der Waals surface area contributed by atoms with Gasteiger partial charge in [-0.3, -0.25) is 0 Å². The second-order valence-corrected chi connectivity index (χ2v) is 0.527. The second kappa shape index (κ2) is 5.00. The van der Waals surface area contributed by atoms with Gasteiger partial charge in [-0.2, -0.15) is 0 Å². The molecule has 6 heavy (non-hydrogen) atoms. The Balaban J connectivity index is -0.0000000800. The first-order valence-corrected chi connectivity index (χ1v) is 1.05. The van der Waals surface area contributed by atoms with E-state index in [2.05, 4.69) is 0 Å². The molecule has 0 atom stereocenters. The van der Waals surface area contributed by atoms with E-state index in [-0.39, 0.29) is 20.3 Å². The van der Waals surface area contributed by atoms with Gasteiger partial charge in [0, 0.05) is 0 Å². The fourth-order valence-electron chi connectivity index (χ4n) is 0. The van der Waals surface area contributed by atoms with Gasteiger partial charge in [-0.15, -0.1) is 0 Å². The molecule has 4 heteroatoms. The summed E-state index contributed by atoms with van der Waals surface area (Å²) in [7, 11) is 0. The smallest absolute Gasteiger partial charge is 1.00 e. The van der Waals surface area contributed by atoms with Gasteiger partial charge in [-0.25, -0.2) is 9.18 Å². The second-order valence-electron chi connectivity index (χ2n) is 0.527. The van der Waals surface area contributed by atoms with Crippen molar-refractivity contribution in [2.45, 2.75) is 0 Å². The monoisotopic (exact) mass is 86.0 g/mol. The molecule has 0 fully saturated rings. The van der Waals surface area contributed by atoms with Gasteiger partial charge in [0.25, 0.3) is 0 Å². The summed E-state index contributed by atoms with van der Waals surface area (Å²) in [5.41, 5.74) is 0. The molecule has 0 aromatic carbocycles. The van der Waals surface area contributed by atoms with Gasteiger partial charge in [0.05, 0.1) is 0 Å². The molecule has 0 saturated heterocycles. The van der Waals surface area contributed by atoms with Gasteiger partial charge in [-0.05, 0) is 0 Å². The van der Waals surface area contributed by atoms with Crippen molar-refractivity contribution in [3.63, 3.8) is 0 Å². The van der Waals surface area contributed by atoms with Gasteiger partial charge in [0.2, 0.25) is 0 Å². The zero-order valence-electron chi connectivity index (χ0n) is 4.44.